The van der Waals surface area contributed by atoms with Gasteiger partial charge in [0.25, 0.3) is 0 Å². The van der Waals surface area contributed by atoms with Crippen molar-refractivity contribution < 1.29 is 14.3 Å². The summed E-state index contributed by atoms with van der Waals surface area (Å²) in [7, 11) is 0. The van der Waals surface area contributed by atoms with Crippen LogP contribution >= 0.6 is 0 Å². The quantitative estimate of drug-likeness (QED) is 0.707. The van der Waals surface area contributed by atoms with Crippen molar-refractivity contribution in [3.05, 3.63) is 71.9 Å². The number of hydrogen-bond acceptors (Lipinski definition) is 4. The molecule has 1 unspecified atom stereocenters. The van der Waals surface area contributed by atoms with Crippen molar-refractivity contribution in [2.45, 2.75) is 26.4 Å². The molecule has 0 aliphatic carbocycles. The van der Waals surface area contributed by atoms with Crippen molar-refractivity contribution >= 4 is 28.5 Å². The number of esters is 1. The summed E-state index contributed by atoms with van der Waals surface area (Å²) in [4.78, 5) is 27.9. The van der Waals surface area contributed by atoms with Gasteiger partial charge in [-0.2, -0.15) is 0 Å². The van der Waals surface area contributed by atoms with Gasteiger partial charge in [0.1, 0.15) is 6.10 Å². The summed E-state index contributed by atoms with van der Waals surface area (Å²) >= 11 is 0. The number of fused-ring (bicyclic) bond motifs is 1. The average Bonchev–Trinajstić information content (AvgIpc) is 2.61. The third-order valence-electron chi connectivity index (χ3n) is 4.04. The van der Waals surface area contributed by atoms with Crippen molar-refractivity contribution in [2.75, 3.05) is 5.32 Å². The number of rotatable bonds is 5. The maximum absolute atomic E-state index is 12.4. The molecule has 1 heterocycles. The van der Waals surface area contributed by atoms with Crippen LogP contribution < -0.4 is 5.32 Å². The minimum atomic E-state index is -0.417. The van der Waals surface area contributed by atoms with Crippen molar-refractivity contribution in [1.29, 1.82) is 0 Å². The molecule has 0 aliphatic heterocycles. The fraction of sp³-hybridized carbons (Fsp3) is 0.190. The van der Waals surface area contributed by atoms with Crippen LogP contribution in [0.1, 0.15) is 31.1 Å². The van der Waals surface area contributed by atoms with Crippen molar-refractivity contribution in [3.63, 3.8) is 0 Å². The number of para-hydroxylation sites is 1. The number of hydrogen-bond donors (Lipinski definition) is 1. The number of nitrogens with zero attached hydrogens (tertiary/aromatic N) is 1. The lowest BCUT2D eigenvalue weighted by Crippen LogP contribution is -2.12. The highest BCUT2D eigenvalue weighted by Gasteiger charge is 2.14. The summed E-state index contributed by atoms with van der Waals surface area (Å²) in [5, 5.41) is 3.72. The maximum Gasteiger partial charge on any atom is 0.310 e. The molecule has 0 saturated carbocycles. The number of amides is 1. The standard InChI is InChI=1S/C21H20N2O3/c1-14(17-7-4-10-19(12-17)23-15(2)24)26-20(25)13-18-8-3-6-16-9-5-11-22-21(16)18/h3-12,14H,13H2,1-2H3,(H,23,24). The van der Waals surface area contributed by atoms with E-state index >= 15 is 0 Å². The van der Waals surface area contributed by atoms with Crippen LogP contribution in [0.4, 0.5) is 5.69 Å². The first-order chi connectivity index (χ1) is 12.5. The van der Waals surface area contributed by atoms with Gasteiger partial charge >= 0.3 is 5.97 Å². The second-order valence-electron chi connectivity index (χ2n) is 6.11. The van der Waals surface area contributed by atoms with Crippen LogP contribution in [-0.4, -0.2) is 16.9 Å². The molecular formula is C21H20N2O3. The first-order valence-corrected chi connectivity index (χ1v) is 8.42. The Kier molecular flexibility index (Phi) is 5.27. The van der Waals surface area contributed by atoms with Crippen LogP contribution in [0.3, 0.4) is 0 Å². The summed E-state index contributed by atoms with van der Waals surface area (Å²) in [6.07, 6.45) is 1.45. The molecule has 1 aromatic heterocycles. The van der Waals surface area contributed by atoms with E-state index in [-0.39, 0.29) is 18.3 Å². The Bertz CT molecular complexity index is 947. The summed E-state index contributed by atoms with van der Waals surface area (Å²) in [5.41, 5.74) is 3.15. The highest BCUT2D eigenvalue weighted by molar-refractivity contribution is 5.88. The van der Waals surface area contributed by atoms with Gasteiger partial charge in [0.15, 0.2) is 0 Å². The molecule has 0 spiro atoms. The molecule has 132 valence electrons. The highest BCUT2D eigenvalue weighted by atomic mass is 16.5. The zero-order valence-corrected chi connectivity index (χ0v) is 14.7. The fourth-order valence-electron chi connectivity index (χ4n) is 2.84. The van der Waals surface area contributed by atoms with Crippen molar-refractivity contribution in [1.82, 2.24) is 4.98 Å². The van der Waals surface area contributed by atoms with Gasteiger partial charge in [0.05, 0.1) is 11.9 Å². The second-order valence-corrected chi connectivity index (χ2v) is 6.11. The Labute approximate surface area is 152 Å². The summed E-state index contributed by atoms with van der Waals surface area (Å²) in [6, 6.07) is 16.9. The number of carbonyl (C=O) groups excluding carboxylic acids is 2. The van der Waals surface area contributed by atoms with Crippen molar-refractivity contribution in [3.8, 4) is 0 Å². The molecule has 1 N–H and O–H groups in total. The van der Waals surface area contributed by atoms with E-state index in [4.69, 9.17) is 4.74 Å². The van der Waals surface area contributed by atoms with Crippen LogP contribution in [0.5, 0.6) is 0 Å². The average molecular weight is 348 g/mol. The first kappa shape index (κ1) is 17.6. The highest BCUT2D eigenvalue weighted by Crippen LogP contribution is 2.22. The summed E-state index contributed by atoms with van der Waals surface area (Å²) < 4.78 is 5.57. The number of anilines is 1. The van der Waals surface area contributed by atoms with E-state index in [2.05, 4.69) is 10.3 Å². The van der Waals surface area contributed by atoms with E-state index in [9.17, 15) is 9.59 Å². The lowest BCUT2D eigenvalue weighted by Gasteiger charge is -2.15. The molecule has 5 nitrogen and oxygen atoms in total. The SMILES string of the molecule is CC(=O)Nc1cccc(C(C)OC(=O)Cc2cccc3cccnc23)c1. The molecule has 0 radical (unpaired) electrons. The molecule has 0 aliphatic rings. The van der Waals surface area contributed by atoms with E-state index in [1.165, 1.54) is 6.92 Å². The molecule has 0 bridgehead atoms. The van der Waals surface area contributed by atoms with E-state index in [0.717, 1.165) is 22.0 Å². The number of carbonyl (C=O) groups is 2. The van der Waals surface area contributed by atoms with Crippen LogP contribution in [0.15, 0.2) is 60.8 Å². The number of nitrogens with one attached hydrogen (secondary N) is 1. The predicted molar refractivity (Wildman–Crippen MR) is 101 cm³/mol. The Morgan fingerprint density at radius 3 is 2.69 bits per heavy atom. The normalized spacial score (nSPS) is 11.8. The largest absolute Gasteiger partial charge is 0.458 e. The third-order valence-corrected chi connectivity index (χ3v) is 4.04. The summed E-state index contributed by atoms with van der Waals surface area (Å²) in [5.74, 6) is -0.462. The van der Waals surface area contributed by atoms with Crippen molar-refractivity contribution in [2.24, 2.45) is 0 Å². The molecular weight excluding hydrogens is 328 g/mol. The van der Waals surface area contributed by atoms with Gasteiger partial charge in [0, 0.05) is 24.2 Å². The van der Waals surface area contributed by atoms with Gasteiger partial charge in [-0.1, -0.05) is 36.4 Å². The van der Waals surface area contributed by atoms with Gasteiger partial charge in [0.2, 0.25) is 5.91 Å². The van der Waals surface area contributed by atoms with Crippen LogP contribution in [0, 0.1) is 0 Å². The Morgan fingerprint density at radius 1 is 1.12 bits per heavy atom. The zero-order valence-electron chi connectivity index (χ0n) is 14.7. The fourth-order valence-corrected chi connectivity index (χ4v) is 2.84. The Balaban J connectivity index is 1.70. The topological polar surface area (TPSA) is 68.3 Å². The molecule has 26 heavy (non-hydrogen) atoms. The maximum atomic E-state index is 12.4. The number of aromatic nitrogens is 1. The van der Waals surface area contributed by atoms with Crippen LogP contribution in [0.2, 0.25) is 0 Å². The third kappa shape index (κ3) is 4.25. The molecule has 5 heteroatoms. The lowest BCUT2D eigenvalue weighted by atomic mass is 10.1. The van der Waals surface area contributed by atoms with E-state index in [1.807, 2.05) is 49.4 Å². The minimum Gasteiger partial charge on any atom is -0.458 e. The van der Waals surface area contributed by atoms with E-state index in [1.54, 1.807) is 18.3 Å². The molecule has 3 rings (SSSR count). The van der Waals surface area contributed by atoms with Gasteiger partial charge in [-0.25, -0.2) is 0 Å². The molecule has 0 fully saturated rings. The lowest BCUT2D eigenvalue weighted by molar-refractivity contribution is -0.147. The van der Waals surface area contributed by atoms with Gasteiger partial charge < -0.3 is 10.1 Å². The van der Waals surface area contributed by atoms with Crippen LogP contribution in [-0.2, 0) is 20.7 Å². The number of benzene rings is 2. The summed E-state index contributed by atoms with van der Waals surface area (Å²) in [6.45, 7) is 3.26. The van der Waals surface area contributed by atoms with Gasteiger partial charge in [-0.3, -0.25) is 14.6 Å². The number of pyridine rings is 1. The predicted octanol–water partition coefficient (Wildman–Crippen LogP) is 4.04. The van der Waals surface area contributed by atoms with E-state index < -0.39 is 6.10 Å². The van der Waals surface area contributed by atoms with Crippen LogP contribution in [0.25, 0.3) is 10.9 Å². The smallest absolute Gasteiger partial charge is 0.310 e. The molecule has 1 amide bonds. The minimum absolute atomic E-state index is 0.143. The Hall–Kier alpha value is -3.21. The number of ether oxygens (including phenoxy) is 1. The second kappa shape index (κ2) is 7.78. The molecule has 2 aromatic carbocycles. The molecule has 1 atom stereocenters. The monoisotopic (exact) mass is 348 g/mol. The molecule has 0 saturated heterocycles. The van der Waals surface area contributed by atoms with Gasteiger partial charge in [-0.05, 0) is 36.2 Å². The first-order valence-electron chi connectivity index (χ1n) is 8.42. The molecule has 3 aromatic rings. The zero-order chi connectivity index (χ0) is 18.5. The van der Waals surface area contributed by atoms with E-state index in [0.29, 0.717) is 5.69 Å². The Morgan fingerprint density at radius 2 is 1.88 bits per heavy atom. The van der Waals surface area contributed by atoms with Gasteiger partial charge in [-0.15, -0.1) is 0 Å².